The lowest BCUT2D eigenvalue weighted by atomic mass is 10.2. The molecule has 0 saturated carbocycles. The van der Waals surface area contributed by atoms with Crippen LogP contribution >= 0.6 is 0 Å². The highest BCUT2D eigenvalue weighted by molar-refractivity contribution is 5.94. The first-order chi connectivity index (χ1) is 12.1. The van der Waals surface area contributed by atoms with E-state index in [1.54, 1.807) is 18.2 Å². The van der Waals surface area contributed by atoms with E-state index in [1.165, 1.54) is 24.4 Å². The lowest BCUT2D eigenvalue weighted by molar-refractivity contribution is -0.608. The number of carbonyl (C=O) groups excluding carboxylic acids is 2. The number of esters is 1. The van der Waals surface area contributed by atoms with Crippen molar-refractivity contribution in [1.82, 2.24) is 0 Å². The third-order valence-corrected chi connectivity index (χ3v) is 3.40. The van der Waals surface area contributed by atoms with Gasteiger partial charge in [-0.05, 0) is 18.2 Å². The number of carbonyl (C=O) groups is 2. The molecule has 0 aliphatic carbocycles. The summed E-state index contributed by atoms with van der Waals surface area (Å²) < 4.78 is 16.3. The van der Waals surface area contributed by atoms with Gasteiger partial charge in [-0.2, -0.15) is 4.73 Å². The van der Waals surface area contributed by atoms with Crippen LogP contribution in [0, 0.1) is 5.21 Å². The number of hydrogen-bond donors (Lipinski definition) is 1. The van der Waals surface area contributed by atoms with Gasteiger partial charge in [-0.15, -0.1) is 0 Å². The molecule has 2 heterocycles. The van der Waals surface area contributed by atoms with Crippen molar-refractivity contribution in [3.8, 4) is 11.5 Å². The molecule has 0 spiro atoms. The highest BCUT2D eigenvalue weighted by Crippen LogP contribution is 2.32. The van der Waals surface area contributed by atoms with E-state index in [-0.39, 0.29) is 5.69 Å². The Morgan fingerprint density at radius 3 is 2.76 bits per heavy atom. The number of anilines is 1. The molecule has 1 N–H and O–H groups in total. The van der Waals surface area contributed by atoms with Gasteiger partial charge in [-0.3, -0.25) is 4.79 Å². The van der Waals surface area contributed by atoms with Gasteiger partial charge in [0.1, 0.15) is 0 Å². The molecule has 0 unspecified atom stereocenters. The Hall–Kier alpha value is -3.29. The zero-order valence-corrected chi connectivity index (χ0v) is 13.3. The molecule has 0 bridgehead atoms. The number of aromatic nitrogens is 1. The molecule has 130 valence electrons. The maximum Gasteiger partial charge on any atom is 0.405 e. The molecule has 3 rings (SSSR count). The first-order valence-electron chi connectivity index (χ1n) is 7.68. The number of fused-ring (bicyclic) bond motifs is 1. The number of hydrogen-bond acceptors (Lipinski definition) is 6. The second-order valence-electron chi connectivity index (χ2n) is 5.25. The quantitative estimate of drug-likeness (QED) is 0.509. The van der Waals surface area contributed by atoms with Crippen LogP contribution in [0.4, 0.5) is 5.69 Å². The van der Waals surface area contributed by atoms with Crippen molar-refractivity contribution in [3.63, 3.8) is 0 Å². The maximum atomic E-state index is 11.9. The Morgan fingerprint density at radius 1 is 1.16 bits per heavy atom. The summed E-state index contributed by atoms with van der Waals surface area (Å²) in [7, 11) is 0. The average molecular weight is 344 g/mol. The van der Waals surface area contributed by atoms with Crippen LogP contribution in [-0.4, -0.2) is 31.7 Å². The normalized spacial score (nSPS) is 12.8. The molecule has 1 amide bonds. The fraction of sp³-hybridized carbons (Fsp3) is 0.235. The molecule has 8 heteroatoms. The third kappa shape index (κ3) is 4.17. The fourth-order valence-electron chi connectivity index (χ4n) is 2.23. The summed E-state index contributed by atoms with van der Waals surface area (Å²) in [5.74, 6) is -0.240. The van der Waals surface area contributed by atoms with Crippen LogP contribution in [0.5, 0.6) is 11.5 Å². The van der Waals surface area contributed by atoms with Gasteiger partial charge in [0.25, 0.3) is 5.91 Å². The zero-order chi connectivity index (χ0) is 17.6. The predicted molar refractivity (Wildman–Crippen MR) is 86.4 cm³/mol. The molecule has 25 heavy (non-hydrogen) atoms. The Bertz CT molecular complexity index is 792. The van der Waals surface area contributed by atoms with Gasteiger partial charge in [0.2, 0.25) is 0 Å². The van der Waals surface area contributed by atoms with Crippen LogP contribution in [-0.2, 0) is 9.53 Å². The zero-order valence-electron chi connectivity index (χ0n) is 13.3. The van der Waals surface area contributed by atoms with E-state index in [9.17, 15) is 14.8 Å². The van der Waals surface area contributed by atoms with E-state index >= 15 is 0 Å². The minimum atomic E-state index is -0.871. The molecule has 0 saturated heterocycles. The Kier molecular flexibility index (Phi) is 4.98. The minimum absolute atomic E-state index is 0.189. The van der Waals surface area contributed by atoms with Crippen molar-refractivity contribution in [2.75, 3.05) is 25.1 Å². The van der Waals surface area contributed by atoms with Crippen LogP contribution < -0.4 is 19.5 Å². The second-order valence-corrected chi connectivity index (χ2v) is 5.25. The van der Waals surface area contributed by atoms with Crippen LogP contribution in [0.3, 0.4) is 0 Å². The van der Waals surface area contributed by atoms with Gasteiger partial charge in [-0.25, -0.2) is 4.79 Å². The van der Waals surface area contributed by atoms with Crippen molar-refractivity contribution < 1.29 is 28.5 Å². The van der Waals surface area contributed by atoms with Crippen molar-refractivity contribution in [3.05, 3.63) is 53.5 Å². The van der Waals surface area contributed by atoms with E-state index in [0.717, 1.165) is 6.42 Å². The highest BCUT2D eigenvalue weighted by atomic mass is 16.5. The number of pyridine rings is 1. The second kappa shape index (κ2) is 7.52. The summed E-state index contributed by atoms with van der Waals surface area (Å²) >= 11 is 0. The summed E-state index contributed by atoms with van der Waals surface area (Å²) in [6.07, 6.45) is 1.96. The molecule has 2 aromatic rings. The molecular weight excluding hydrogens is 328 g/mol. The van der Waals surface area contributed by atoms with Crippen molar-refractivity contribution in [1.29, 1.82) is 0 Å². The van der Waals surface area contributed by atoms with Crippen molar-refractivity contribution >= 4 is 17.6 Å². The smallest absolute Gasteiger partial charge is 0.405 e. The summed E-state index contributed by atoms with van der Waals surface area (Å²) in [4.78, 5) is 23.7. The van der Waals surface area contributed by atoms with Crippen LogP contribution in [0.2, 0.25) is 0 Å². The van der Waals surface area contributed by atoms with E-state index < -0.39 is 18.5 Å². The summed E-state index contributed by atoms with van der Waals surface area (Å²) in [5.41, 5.74) is 0.301. The molecule has 0 radical (unpaired) electrons. The summed E-state index contributed by atoms with van der Waals surface area (Å²) in [5, 5.41) is 14.0. The minimum Gasteiger partial charge on any atom is -0.618 e. The van der Waals surface area contributed by atoms with Gasteiger partial charge in [0.05, 0.1) is 13.2 Å². The van der Waals surface area contributed by atoms with Crippen molar-refractivity contribution in [2.24, 2.45) is 0 Å². The largest absolute Gasteiger partial charge is 0.618 e. The van der Waals surface area contributed by atoms with E-state index in [4.69, 9.17) is 14.2 Å². The average Bonchev–Trinajstić information content (AvgIpc) is 2.85. The first kappa shape index (κ1) is 16.6. The molecule has 1 aromatic heterocycles. The standard InChI is InChI=1S/C17H16N2O6/c20-16(11-25-17(21)13-4-1-2-7-19(13)22)18-12-5-6-14-15(10-12)24-9-3-8-23-14/h1-2,4-7,10H,3,8-9,11H2,(H,18,20). The third-order valence-electron chi connectivity index (χ3n) is 3.40. The Morgan fingerprint density at radius 2 is 1.96 bits per heavy atom. The molecule has 8 nitrogen and oxygen atoms in total. The number of nitrogens with zero attached hydrogens (tertiary/aromatic N) is 1. The lowest BCUT2D eigenvalue weighted by Crippen LogP contribution is -2.35. The molecule has 0 fully saturated rings. The molecule has 1 aromatic carbocycles. The molecule has 1 aliphatic heterocycles. The van der Waals surface area contributed by atoms with Crippen LogP contribution in [0.1, 0.15) is 16.9 Å². The number of rotatable bonds is 4. The topological polar surface area (TPSA) is 101 Å². The molecule has 0 atom stereocenters. The Balaban J connectivity index is 1.57. The molecular formula is C17H16N2O6. The van der Waals surface area contributed by atoms with Gasteiger partial charge in [-0.1, -0.05) is 0 Å². The SMILES string of the molecule is O=C(COC(=O)c1cccc[n+]1[O-])Nc1ccc2c(c1)OCCCO2. The summed E-state index contributed by atoms with van der Waals surface area (Å²) in [6, 6.07) is 9.34. The number of ether oxygens (including phenoxy) is 3. The van der Waals surface area contributed by atoms with E-state index in [2.05, 4.69) is 5.32 Å². The van der Waals surface area contributed by atoms with Crippen LogP contribution in [0.25, 0.3) is 0 Å². The van der Waals surface area contributed by atoms with E-state index in [0.29, 0.717) is 35.1 Å². The van der Waals surface area contributed by atoms with E-state index in [1.807, 2.05) is 0 Å². The summed E-state index contributed by atoms with van der Waals surface area (Å²) in [6.45, 7) is 0.601. The van der Waals surface area contributed by atoms with Crippen LogP contribution in [0.15, 0.2) is 42.6 Å². The number of amides is 1. The predicted octanol–water partition coefficient (Wildman–Crippen LogP) is 1.28. The fourth-order valence-corrected chi connectivity index (χ4v) is 2.23. The van der Waals surface area contributed by atoms with Gasteiger partial charge in [0.15, 0.2) is 24.3 Å². The van der Waals surface area contributed by atoms with Crippen molar-refractivity contribution in [2.45, 2.75) is 6.42 Å². The monoisotopic (exact) mass is 344 g/mol. The maximum absolute atomic E-state index is 11.9. The number of benzene rings is 1. The van der Waals surface area contributed by atoms with Gasteiger partial charge in [0, 0.05) is 30.3 Å². The first-order valence-corrected chi connectivity index (χ1v) is 7.68. The van der Waals surface area contributed by atoms with Gasteiger partial charge < -0.3 is 24.7 Å². The molecule has 1 aliphatic rings. The Labute approximate surface area is 143 Å². The lowest BCUT2D eigenvalue weighted by Gasteiger charge is -2.10. The van der Waals surface area contributed by atoms with Gasteiger partial charge >= 0.3 is 11.7 Å². The number of nitrogens with one attached hydrogen (secondary N) is 1. The highest BCUT2D eigenvalue weighted by Gasteiger charge is 2.18.